The summed E-state index contributed by atoms with van der Waals surface area (Å²) in [6.45, 7) is 1.97. The van der Waals surface area contributed by atoms with Gasteiger partial charge in [0.1, 0.15) is 5.82 Å². The molecule has 1 aromatic rings. The monoisotopic (exact) mass is 197 g/mol. The molecule has 0 atom stereocenters. The minimum absolute atomic E-state index is 0.0481. The van der Waals surface area contributed by atoms with E-state index in [0.29, 0.717) is 5.69 Å². The van der Waals surface area contributed by atoms with Gasteiger partial charge in [-0.15, -0.1) is 0 Å². The first-order valence-corrected chi connectivity index (χ1v) is 4.09. The largest absolute Gasteiger partial charge is 0.409 e. The molecule has 0 bridgehead atoms. The van der Waals surface area contributed by atoms with Crippen LogP contribution in [0.3, 0.4) is 0 Å². The van der Waals surface area contributed by atoms with E-state index in [9.17, 15) is 4.39 Å². The van der Waals surface area contributed by atoms with Crippen LogP contribution in [0.1, 0.15) is 5.56 Å². The molecule has 14 heavy (non-hydrogen) atoms. The van der Waals surface area contributed by atoms with E-state index < -0.39 is 0 Å². The van der Waals surface area contributed by atoms with Crippen LogP contribution < -0.4 is 11.1 Å². The average molecular weight is 197 g/mol. The van der Waals surface area contributed by atoms with Gasteiger partial charge in [0, 0.05) is 5.69 Å². The molecule has 4 N–H and O–H groups in total. The van der Waals surface area contributed by atoms with E-state index in [1.165, 1.54) is 12.1 Å². The first kappa shape index (κ1) is 10.3. The number of hydrogen-bond donors (Lipinski definition) is 3. The molecule has 0 saturated carbocycles. The van der Waals surface area contributed by atoms with Crippen molar-refractivity contribution in [2.24, 2.45) is 10.9 Å². The van der Waals surface area contributed by atoms with Crippen molar-refractivity contribution in [2.75, 3.05) is 11.9 Å². The fourth-order valence-corrected chi connectivity index (χ4v) is 1.07. The molecule has 4 nitrogen and oxygen atoms in total. The molecule has 0 unspecified atom stereocenters. The van der Waals surface area contributed by atoms with Crippen LogP contribution in [0.4, 0.5) is 10.1 Å². The van der Waals surface area contributed by atoms with E-state index >= 15 is 0 Å². The minimum Gasteiger partial charge on any atom is -0.409 e. The quantitative estimate of drug-likeness (QED) is 0.296. The van der Waals surface area contributed by atoms with Crippen LogP contribution in [0.2, 0.25) is 0 Å². The summed E-state index contributed by atoms with van der Waals surface area (Å²) in [7, 11) is 0. The lowest BCUT2D eigenvalue weighted by molar-refractivity contribution is 0.317. The first-order chi connectivity index (χ1) is 6.61. The van der Waals surface area contributed by atoms with Gasteiger partial charge in [-0.3, -0.25) is 0 Å². The molecule has 1 aromatic carbocycles. The number of benzene rings is 1. The summed E-state index contributed by atoms with van der Waals surface area (Å²) in [5, 5.41) is 13.9. The second-order valence-corrected chi connectivity index (χ2v) is 2.96. The number of rotatable bonds is 3. The predicted octanol–water partition coefficient (Wildman–Crippen LogP) is 1.29. The van der Waals surface area contributed by atoms with Gasteiger partial charge in [-0.05, 0) is 30.7 Å². The van der Waals surface area contributed by atoms with Crippen molar-refractivity contribution in [2.45, 2.75) is 6.92 Å². The number of oxime groups is 1. The molecule has 1 rings (SSSR count). The number of amidine groups is 1. The van der Waals surface area contributed by atoms with Gasteiger partial charge < -0.3 is 16.3 Å². The Balaban J connectivity index is 2.67. The van der Waals surface area contributed by atoms with E-state index in [1.54, 1.807) is 13.0 Å². The molecule has 0 heterocycles. The van der Waals surface area contributed by atoms with Gasteiger partial charge in [0.05, 0.1) is 6.54 Å². The lowest BCUT2D eigenvalue weighted by Crippen LogP contribution is -2.22. The van der Waals surface area contributed by atoms with Crippen LogP contribution in [-0.4, -0.2) is 17.6 Å². The summed E-state index contributed by atoms with van der Waals surface area (Å²) >= 11 is 0. The minimum atomic E-state index is -0.313. The molecule has 0 aliphatic rings. The maximum Gasteiger partial charge on any atom is 0.158 e. The van der Waals surface area contributed by atoms with Crippen LogP contribution in [0.15, 0.2) is 23.4 Å². The van der Waals surface area contributed by atoms with Gasteiger partial charge in [-0.1, -0.05) is 5.16 Å². The predicted molar refractivity (Wildman–Crippen MR) is 53.0 cm³/mol. The highest BCUT2D eigenvalue weighted by Crippen LogP contribution is 2.12. The third kappa shape index (κ3) is 2.93. The van der Waals surface area contributed by atoms with E-state index in [2.05, 4.69) is 10.5 Å². The summed E-state index contributed by atoms with van der Waals surface area (Å²) in [5.74, 6) is -0.265. The number of nitrogens with one attached hydrogen (secondary N) is 1. The van der Waals surface area contributed by atoms with E-state index in [-0.39, 0.29) is 18.2 Å². The second kappa shape index (κ2) is 4.45. The van der Waals surface area contributed by atoms with Crippen LogP contribution in [0.25, 0.3) is 0 Å². The Morgan fingerprint density at radius 2 is 2.29 bits per heavy atom. The standard InChI is InChI=1S/C9H12FN3O/c1-6-2-7(10)4-8(3-6)12-5-9(11)13-14/h2-4,12,14H,5H2,1H3,(H2,11,13). The molecule has 0 aromatic heterocycles. The van der Waals surface area contributed by atoms with Crippen molar-refractivity contribution in [3.8, 4) is 0 Å². The van der Waals surface area contributed by atoms with Gasteiger partial charge in [0.2, 0.25) is 0 Å². The Morgan fingerprint density at radius 3 is 2.86 bits per heavy atom. The zero-order chi connectivity index (χ0) is 10.6. The zero-order valence-corrected chi connectivity index (χ0v) is 7.79. The van der Waals surface area contributed by atoms with Gasteiger partial charge in [-0.25, -0.2) is 4.39 Å². The highest BCUT2D eigenvalue weighted by Gasteiger charge is 1.98. The van der Waals surface area contributed by atoms with Gasteiger partial charge in [0.25, 0.3) is 0 Å². The summed E-state index contributed by atoms with van der Waals surface area (Å²) in [6, 6.07) is 4.54. The highest BCUT2D eigenvalue weighted by molar-refractivity contribution is 5.84. The Labute approximate surface area is 81.2 Å². The number of nitrogens with two attached hydrogens (primary N) is 1. The molecular weight excluding hydrogens is 185 g/mol. The van der Waals surface area contributed by atoms with Crippen LogP contribution >= 0.6 is 0 Å². The van der Waals surface area contributed by atoms with Crippen molar-refractivity contribution in [1.29, 1.82) is 0 Å². The maximum absolute atomic E-state index is 12.9. The number of hydrogen-bond acceptors (Lipinski definition) is 3. The number of aryl methyl sites for hydroxylation is 1. The Hall–Kier alpha value is -1.78. The summed E-state index contributed by atoms with van der Waals surface area (Å²) in [4.78, 5) is 0. The molecule has 5 heteroatoms. The summed E-state index contributed by atoms with van der Waals surface area (Å²) < 4.78 is 12.9. The fraction of sp³-hybridized carbons (Fsp3) is 0.222. The lowest BCUT2D eigenvalue weighted by Gasteiger charge is -2.06. The average Bonchev–Trinajstić information content (AvgIpc) is 2.12. The Morgan fingerprint density at radius 1 is 1.57 bits per heavy atom. The molecule has 0 amide bonds. The van der Waals surface area contributed by atoms with E-state index in [0.717, 1.165) is 5.56 Å². The molecule has 0 spiro atoms. The van der Waals surface area contributed by atoms with Crippen LogP contribution in [0.5, 0.6) is 0 Å². The van der Waals surface area contributed by atoms with Crippen molar-refractivity contribution < 1.29 is 9.60 Å². The number of anilines is 1. The molecule has 0 aliphatic carbocycles. The molecule has 0 aliphatic heterocycles. The summed E-state index contributed by atoms with van der Waals surface area (Å²) in [6.07, 6.45) is 0. The SMILES string of the molecule is Cc1cc(F)cc(NCC(N)=NO)c1. The number of nitrogens with zero attached hydrogens (tertiary/aromatic N) is 1. The topological polar surface area (TPSA) is 70.6 Å². The van der Waals surface area contributed by atoms with Crippen molar-refractivity contribution in [1.82, 2.24) is 0 Å². The third-order valence-electron chi connectivity index (χ3n) is 1.64. The van der Waals surface area contributed by atoms with Crippen molar-refractivity contribution in [3.63, 3.8) is 0 Å². The van der Waals surface area contributed by atoms with Crippen LogP contribution in [-0.2, 0) is 0 Å². The second-order valence-electron chi connectivity index (χ2n) is 2.96. The normalized spacial score (nSPS) is 11.4. The number of halogens is 1. The first-order valence-electron chi connectivity index (χ1n) is 4.09. The Kier molecular flexibility index (Phi) is 3.28. The van der Waals surface area contributed by atoms with Crippen molar-refractivity contribution in [3.05, 3.63) is 29.6 Å². The zero-order valence-electron chi connectivity index (χ0n) is 7.79. The van der Waals surface area contributed by atoms with Gasteiger partial charge in [0.15, 0.2) is 5.84 Å². The Bertz CT molecular complexity index is 332. The molecule has 0 saturated heterocycles. The van der Waals surface area contributed by atoms with E-state index in [4.69, 9.17) is 10.9 Å². The molecular formula is C9H12FN3O. The molecule has 0 radical (unpaired) electrons. The molecule has 76 valence electrons. The molecule has 0 fully saturated rings. The van der Waals surface area contributed by atoms with Gasteiger partial charge >= 0.3 is 0 Å². The smallest absolute Gasteiger partial charge is 0.158 e. The third-order valence-corrected chi connectivity index (χ3v) is 1.64. The van der Waals surface area contributed by atoms with E-state index in [1.807, 2.05) is 0 Å². The highest BCUT2D eigenvalue weighted by atomic mass is 19.1. The fourth-order valence-electron chi connectivity index (χ4n) is 1.07. The maximum atomic E-state index is 12.9. The lowest BCUT2D eigenvalue weighted by atomic mass is 10.2. The van der Waals surface area contributed by atoms with Crippen LogP contribution in [0, 0.1) is 12.7 Å². The summed E-state index contributed by atoms with van der Waals surface area (Å²) in [5.41, 5.74) is 6.66. The van der Waals surface area contributed by atoms with Crippen molar-refractivity contribution >= 4 is 11.5 Å². The van der Waals surface area contributed by atoms with Gasteiger partial charge in [-0.2, -0.15) is 0 Å².